The third-order valence-electron chi connectivity index (χ3n) is 3.40. The highest BCUT2D eigenvalue weighted by Gasteiger charge is 2.14. The molecule has 0 saturated carbocycles. The lowest BCUT2D eigenvalue weighted by molar-refractivity contribution is 0.0552. The van der Waals surface area contributed by atoms with Gasteiger partial charge >= 0.3 is 0 Å². The summed E-state index contributed by atoms with van der Waals surface area (Å²) in [5.74, 6) is 0.329. The maximum absolute atomic E-state index is 14.2. The summed E-state index contributed by atoms with van der Waals surface area (Å²) in [5, 5.41) is 3.32. The fraction of sp³-hybridized carbons (Fsp3) is 0.625. The molecule has 0 atom stereocenters. The van der Waals surface area contributed by atoms with Crippen LogP contribution in [-0.4, -0.2) is 45.5 Å². The Labute approximate surface area is 126 Å². The third-order valence-corrected chi connectivity index (χ3v) is 3.40. The van der Waals surface area contributed by atoms with Crippen LogP contribution >= 0.6 is 0 Å². The highest BCUT2D eigenvalue weighted by molar-refractivity contribution is 5.50. The van der Waals surface area contributed by atoms with Gasteiger partial charge in [-0.2, -0.15) is 0 Å². The molecule has 1 aromatic carbocycles. The summed E-state index contributed by atoms with van der Waals surface area (Å²) in [4.78, 5) is 2.08. The molecular weight excluding hydrogens is 271 g/mol. The normalized spacial score (nSPS) is 16.1. The maximum Gasteiger partial charge on any atom is 0.150 e. The molecule has 5 heteroatoms. The van der Waals surface area contributed by atoms with Crippen molar-refractivity contribution < 1.29 is 13.9 Å². The molecule has 1 N–H and O–H groups in total. The van der Waals surface area contributed by atoms with Crippen LogP contribution < -0.4 is 15.0 Å². The minimum Gasteiger partial charge on any atom is -0.491 e. The zero-order chi connectivity index (χ0) is 15.1. The average Bonchev–Trinajstić information content (AvgIpc) is 2.72. The average molecular weight is 296 g/mol. The van der Waals surface area contributed by atoms with Crippen LogP contribution in [-0.2, 0) is 4.74 Å². The van der Waals surface area contributed by atoms with Crippen molar-refractivity contribution in [2.45, 2.75) is 26.4 Å². The van der Waals surface area contributed by atoms with Gasteiger partial charge in [0.25, 0.3) is 0 Å². The number of hydrogen-bond donors (Lipinski definition) is 1. The molecule has 21 heavy (non-hydrogen) atoms. The highest BCUT2D eigenvalue weighted by Crippen LogP contribution is 2.24. The fourth-order valence-electron chi connectivity index (χ4n) is 2.36. The Bertz CT molecular complexity index is 432. The quantitative estimate of drug-likeness (QED) is 0.818. The standard InChI is InChI=1S/C16H25FN2O2/c1-13(2)20-10-11-21-14-4-5-16(15(17)12-14)19-8-3-6-18-7-9-19/h4-5,12-13,18H,3,6-11H2,1-2H3. The zero-order valence-corrected chi connectivity index (χ0v) is 12.9. The van der Waals surface area contributed by atoms with E-state index in [1.807, 2.05) is 19.9 Å². The fourth-order valence-corrected chi connectivity index (χ4v) is 2.36. The van der Waals surface area contributed by atoms with Crippen molar-refractivity contribution in [2.24, 2.45) is 0 Å². The largest absolute Gasteiger partial charge is 0.491 e. The van der Waals surface area contributed by atoms with Crippen molar-refractivity contribution in [3.63, 3.8) is 0 Å². The van der Waals surface area contributed by atoms with E-state index >= 15 is 0 Å². The van der Waals surface area contributed by atoms with Crippen molar-refractivity contribution in [1.29, 1.82) is 0 Å². The molecule has 0 aromatic heterocycles. The summed E-state index contributed by atoms with van der Waals surface area (Å²) >= 11 is 0. The topological polar surface area (TPSA) is 33.7 Å². The van der Waals surface area contributed by atoms with Crippen LogP contribution in [0.2, 0.25) is 0 Å². The van der Waals surface area contributed by atoms with Gasteiger partial charge in [0.05, 0.1) is 18.4 Å². The number of halogens is 1. The first-order chi connectivity index (χ1) is 10.2. The molecule has 4 nitrogen and oxygen atoms in total. The lowest BCUT2D eigenvalue weighted by Gasteiger charge is -2.23. The highest BCUT2D eigenvalue weighted by atomic mass is 19.1. The lowest BCUT2D eigenvalue weighted by atomic mass is 10.2. The van der Waals surface area contributed by atoms with Crippen LogP contribution in [0.5, 0.6) is 5.75 Å². The summed E-state index contributed by atoms with van der Waals surface area (Å²) in [6.07, 6.45) is 1.22. The molecule has 0 bridgehead atoms. The van der Waals surface area contributed by atoms with Crippen LogP contribution in [0.25, 0.3) is 0 Å². The van der Waals surface area contributed by atoms with E-state index in [4.69, 9.17) is 9.47 Å². The van der Waals surface area contributed by atoms with E-state index < -0.39 is 0 Å². The van der Waals surface area contributed by atoms with E-state index in [1.165, 1.54) is 6.07 Å². The van der Waals surface area contributed by atoms with Crippen molar-refractivity contribution in [2.75, 3.05) is 44.3 Å². The van der Waals surface area contributed by atoms with E-state index in [1.54, 1.807) is 6.07 Å². The van der Waals surface area contributed by atoms with Crippen LogP contribution in [0.4, 0.5) is 10.1 Å². The Kier molecular flexibility index (Phi) is 6.26. The van der Waals surface area contributed by atoms with Gasteiger partial charge in [-0.15, -0.1) is 0 Å². The molecule has 0 aliphatic carbocycles. The molecule has 0 unspecified atom stereocenters. The first kappa shape index (κ1) is 16.0. The molecule has 1 heterocycles. The second-order valence-electron chi connectivity index (χ2n) is 5.47. The second-order valence-corrected chi connectivity index (χ2v) is 5.47. The molecule has 2 rings (SSSR count). The van der Waals surface area contributed by atoms with E-state index in [0.29, 0.717) is 24.7 Å². The summed E-state index contributed by atoms with van der Waals surface area (Å²) in [6, 6.07) is 5.09. The van der Waals surface area contributed by atoms with Gasteiger partial charge in [-0.3, -0.25) is 0 Å². The van der Waals surface area contributed by atoms with Gasteiger partial charge < -0.3 is 19.7 Å². The lowest BCUT2D eigenvalue weighted by Crippen LogP contribution is -2.28. The molecule has 0 spiro atoms. The summed E-state index contributed by atoms with van der Waals surface area (Å²) < 4.78 is 25.1. The van der Waals surface area contributed by atoms with Crippen molar-refractivity contribution >= 4 is 5.69 Å². The van der Waals surface area contributed by atoms with Crippen molar-refractivity contribution in [3.05, 3.63) is 24.0 Å². The molecule has 1 saturated heterocycles. The Hall–Kier alpha value is -1.33. The maximum atomic E-state index is 14.2. The van der Waals surface area contributed by atoms with E-state index in [2.05, 4.69) is 10.2 Å². The minimum absolute atomic E-state index is 0.185. The van der Waals surface area contributed by atoms with E-state index in [0.717, 1.165) is 32.6 Å². The number of hydrogen-bond acceptors (Lipinski definition) is 4. The second kappa shape index (κ2) is 8.20. The van der Waals surface area contributed by atoms with Crippen LogP contribution in [0.1, 0.15) is 20.3 Å². The smallest absolute Gasteiger partial charge is 0.150 e. The predicted octanol–water partition coefficient (Wildman–Crippen LogP) is 2.43. The summed E-state index contributed by atoms with van der Waals surface area (Å²) in [7, 11) is 0. The van der Waals surface area contributed by atoms with Gasteiger partial charge in [-0.25, -0.2) is 4.39 Å². The van der Waals surface area contributed by atoms with Gasteiger partial charge in [0.2, 0.25) is 0 Å². The number of nitrogens with zero attached hydrogens (tertiary/aromatic N) is 1. The first-order valence-corrected chi connectivity index (χ1v) is 7.66. The van der Waals surface area contributed by atoms with E-state index in [-0.39, 0.29) is 11.9 Å². The van der Waals surface area contributed by atoms with Gasteiger partial charge in [-0.1, -0.05) is 0 Å². The molecule has 118 valence electrons. The number of anilines is 1. The predicted molar refractivity (Wildman–Crippen MR) is 82.7 cm³/mol. The summed E-state index contributed by atoms with van der Waals surface area (Å²) in [6.45, 7) is 8.50. The molecule has 1 aromatic rings. The summed E-state index contributed by atoms with van der Waals surface area (Å²) in [5.41, 5.74) is 0.657. The Morgan fingerprint density at radius 3 is 2.86 bits per heavy atom. The monoisotopic (exact) mass is 296 g/mol. The minimum atomic E-state index is -0.223. The molecule has 1 fully saturated rings. The molecule has 0 amide bonds. The Morgan fingerprint density at radius 1 is 1.24 bits per heavy atom. The number of ether oxygens (including phenoxy) is 2. The van der Waals surface area contributed by atoms with Gasteiger partial charge in [-0.05, 0) is 38.9 Å². The first-order valence-electron chi connectivity index (χ1n) is 7.66. The van der Waals surface area contributed by atoms with Crippen LogP contribution in [0.3, 0.4) is 0 Å². The number of rotatable bonds is 6. The Morgan fingerprint density at radius 2 is 2.10 bits per heavy atom. The third kappa shape index (κ3) is 5.17. The molecule has 1 aliphatic rings. The molecule has 0 radical (unpaired) electrons. The Balaban J connectivity index is 1.90. The van der Waals surface area contributed by atoms with Crippen molar-refractivity contribution in [3.8, 4) is 5.75 Å². The number of nitrogens with one attached hydrogen (secondary N) is 1. The van der Waals surface area contributed by atoms with Crippen LogP contribution in [0.15, 0.2) is 18.2 Å². The molecular formula is C16H25FN2O2. The SMILES string of the molecule is CC(C)OCCOc1ccc(N2CCCNCC2)c(F)c1. The van der Waals surface area contributed by atoms with Crippen molar-refractivity contribution in [1.82, 2.24) is 5.32 Å². The van der Waals surface area contributed by atoms with Gasteiger partial charge in [0.1, 0.15) is 18.2 Å². The zero-order valence-electron chi connectivity index (χ0n) is 12.9. The van der Waals surface area contributed by atoms with E-state index in [9.17, 15) is 4.39 Å². The number of benzene rings is 1. The van der Waals surface area contributed by atoms with Crippen LogP contribution in [0, 0.1) is 5.82 Å². The van der Waals surface area contributed by atoms with Gasteiger partial charge in [0, 0.05) is 25.7 Å². The molecule has 1 aliphatic heterocycles. The van der Waals surface area contributed by atoms with Gasteiger partial charge in [0.15, 0.2) is 0 Å².